The van der Waals surface area contributed by atoms with Crippen LogP contribution in [-0.2, 0) is 4.79 Å². The lowest BCUT2D eigenvalue weighted by Crippen LogP contribution is -3.15. The van der Waals surface area contributed by atoms with E-state index in [-0.39, 0.29) is 11.8 Å². The molecule has 0 aliphatic carbocycles. The van der Waals surface area contributed by atoms with Crippen molar-refractivity contribution in [1.82, 2.24) is 4.90 Å². The van der Waals surface area contributed by atoms with Crippen molar-refractivity contribution in [3.05, 3.63) is 47.4 Å². The summed E-state index contributed by atoms with van der Waals surface area (Å²) in [5, 5.41) is 3.37. The molecular weight excluding hydrogens is 358 g/mol. The van der Waals surface area contributed by atoms with Gasteiger partial charge in [0.15, 0.2) is 12.3 Å². The van der Waals surface area contributed by atoms with Gasteiger partial charge in [-0.05, 0) is 30.3 Å². The maximum absolute atomic E-state index is 12.3. The molecule has 0 atom stereocenters. The molecule has 1 aromatic carbocycles. The Labute approximate surface area is 156 Å². The number of hydrogen-bond donors (Lipinski definition) is 2. The van der Waals surface area contributed by atoms with E-state index in [1.54, 1.807) is 42.3 Å². The van der Waals surface area contributed by atoms with Crippen LogP contribution in [0.1, 0.15) is 10.6 Å². The Bertz CT molecular complexity index is 771. The number of carbonyl (C=O) groups excluding carboxylic acids is 2. The van der Waals surface area contributed by atoms with E-state index in [1.165, 1.54) is 6.26 Å². The number of ether oxygens (including phenoxy) is 1. The molecule has 1 saturated heterocycles. The summed E-state index contributed by atoms with van der Waals surface area (Å²) in [5.41, 5.74) is 0.552. The monoisotopic (exact) mass is 378 g/mol. The molecule has 26 heavy (non-hydrogen) atoms. The van der Waals surface area contributed by atoms with Gasteiger partial charge >= 0.3 is 0 Å². The van der Waals surface area contributed by atoms with E-state index >= 15 is 0 Å². The Hall–Kier alpha value is -2.51. The first-order chi connectivity index (χ1) is 12.6. The number of amides is 2. The molecule has 1 aliphatic rings. The number of quaternary nitrogens is 1. The molecule has 138 valence electrons. The van der Waals surface area contributed by atoms with Gasteiger partial charge in [0.25, 0.3) is 11.8 Å². The molecule has 1 fully saturated rings. The molecule has 3 rings (SSSR count). The Kier molecular flexibility index (Phi) is 5.80. The highest BCUT2D eigenvalue weighted by Gasteiger charge is 2.27. The molecule has 2 amide bonds. The van der Waals surface area contributed by atoms with E-state index in [0.29, 0.717) is 54.9 Å². The molecule has 0 spiro atoms. The first kappa shape index (κ1) is 18.3. The number of methoxy groups -OCH3 is 1. The number of furan rings is 1. The SMILES string of the molecule is COc1ccc(Cl)cc1NC(=O)C[NH+]1CCN(C(=O)c2ccco2)CC1. The number of rotatable bonds is 5. The number of anilines is 1. The lowest BCUT2D eigenvalue weighted by atomic mass is 10.2. The predicted molar refractivity (Wildman–Crippen MR) is 96.8 cm³/mol. The Balaban J connectivity index is 1.51. The zero-order valence-electron chi connectivity index (χ0n) is 14.5. The van der Waals surface area contributed by atoms with Crippen LogP contribution in [0.5, 0.6) is 5.75 Å². The zero-order valence-corrected chi connectivity index (χ0v) is 15.2. The van der Waals surface area contributed by atoms with Crippen LogP contribution in [0.3, 0.4) is 0 Å². The Morgan fingerprint density at radius 2 is 2.08 bits per heavy atom. The van der Waals surface area contributed by atoms with Crippen LogP contribution in [-0.4, -0.2) is 56.5 Å². The smallest absolute Gasteiger partial charge is 0.289 e. The number of piperazine rings is 1. The van der Waals surface area contributed by atoms with Crippen LogP contribution < -0.4 is 15.0 Å². The molecule has 8 heteroatoms. The van der Waals surface area contributed by atoms with Gasteiger partial charge in [0.2, 0.25) is 0 Å². The van der Waals surface area contributed by atoms with Crippen LogP contribution in [0.2, 0.25) is 5.02 Å². The van der Waals surface area contributed by atoms with Crippen LogP contribution in [0.25, 0.3) is 0 Å². The highest BCUT2D eigenvalue weighted by atomic mass is 35.5. The van der Waals surface area contributed by atoms with Crippen molar-refractivity contribution in [2.45, 2.75) is 0 Å². The van der Waals surface area contributed by atoms with Gasteiger partial charge in [-0.25, -0.2) is 0 Å². The average Bonchev–Trinajstić information content (AvgIpc) is 3.16. The van der Waals surface area contributed by atoms with Gasteiger partial charge in [-0.2, -0.15) is 0 Å². The van der Waals surface area contributed by atoms with Crippen molar-refractivity contribution in [3.63, 3.8) is 0 Å². The van der Waals surface area contributed by atoms with Gasteiger partial charge in [-0.1, -0.05) is 11.6 Å². The third-order valence-corrected chi connectivity index (χ3v) is 4.57. The molecule has 2 N–H and O–H groups in total. The first-order valence-corrected chi connectivity index (χ1v) is 8.74. The number of benzene rings is 1. The lowest BCUT2D eigenvalue weighted by Gasteiger charge is -2.31. The normalized spacial score (nSPS) is 14.9. The second-order valence-electron chi connectivity index (χ2n) is 6.09. The molecule has 0 bridgehead atoms. The standard InChI is InChI=1S/C18H20ClN3O4/c1-25-15-5-4-13(19)11-14(15)20-17(23)12-21-6-8-22(9-7-21)18(24)16-3-2-10-26-16/h2-5,10-11H,6-9,12H2,1H3,(H,20,23)/p+1. The van der Waals surface area contributed by atoms with E-state index in [4.69, 9.17) is 20.8 Å². The number of nitrogens with one attached hydrogen (secondary N) is 2. The molecule has 2 aromatic rings. The van der Waals surface area contributed by atoms with Crippen LogP contribution >= 0.6 is 11.6 Å². The van der Waals surface area contributed by atoms with E-state index in [9.17, 15) is 9.59 Å². The summed E-state index contributed by atoms with van der Waals surface area (Å²) in [6, 6.07) is 8.44. The third-order valence-electron chi connectivity index (χ3n) is 4.34. The van der Waals surface area contributed by atoms with Crippen molar-refractivity contribution in [1.29, 1.82) is 0 Å². The summed E-state index contributed by atoms with van der Waals surface area (Å²) >= 11 is 5.98. The van der Waals surface area contributed by atoms with Gasteiger partial charge in [0, 0.05) is 5.02 Å². The number of carbonyl (C=O) groups is 2. The largest absolute Gasteiger partial charge is 0.495 e. The molecule has 1 aliphatic heterocycles. The molecular formula is C18H21ClN3O4+. The minimum absolute atomic E-state index is 0.109. The van der Waals surface area contributed by atoms with Gasteiger partial charge in [-0.3, -0.25) is 9.59 Å². The fraction of sp³-hybridized carbons (Fsp3) is 0.333. The molecule has 0 saturated carbocycles. The molecule has 1 aromatic heterocycles. The van der Waals surface area contributed by atoms with Gasteiger partial charge in [-0.15, -0.1) is 0 Å². The van der Waals surface area contributed by atoms with Gasteiger partial charge in [0.05, 0.1) is 45.2 Å². The summed E-state index contributed by atoms with van der Waals surface area (Å²) in [4.78, 5) is 27.5. The van der Waals surface area contributed by atoms with Gasteiger partial charge in [0.1, 0.15) is 5.75 Å². The summed E-state index contributed by atoms with van der Waals surface area (Å²) in [7, 11) is 1.54. The molecule has 0 unspecified atom stereocenters. The highest BCUT2D eigenvalue weighted by Crippen LogP contribution is 2.27. The van der Waals surface area contributed by atoms with E-state index in [0.717, 1.165) is 4.90 Å². The Morgan fingerprint density at radius 3 is 2.73 bits per heavy atom. The molecule has 0 radical (unpaired) electrons. The number of hydrogen-bond acceptors (Lipinski definition) is 4. The van der Waals surface area contributed by atoms with Crippen LogP contribution in [0, 0.1) is 0 Å². The summed E-state index contributed by atoms with van der Waals surface area (Å²) < 4.78 is 10.4. The van der Waals surface area contributed by atoms with Crippen molar-refractivity contribution in [2.75, 3.05) is 45.2 Å². The third kappa shape index (κ3) is 4.36. The average molecular weight is 379 g/mol. The van der Waals surface area contributed by atoms with Crippen LogP contribution in [0.15, 0.2) is 41.0 Å². The number of halogens is 1. The van der Waals surface area contributed by atoms with E-state index < -0.39 is 0 Å². The molecule has 7 nitrogen and oxygen atoms in total. The molecule has 2 heterocycles. The highest BCUT2D eigenvalue weighted by molar-refractivity contribution is 6.31. The van der Waals surface area contributed by atoms with Crippen molar-refractivity contribution in [2.24, 2.45) is 0 Å². The van der Waals surface area contributed by atoms with Crippen molar-refractivity contribution in [3.8, 4) is 5.75 Å². The van der Waals surface area contributed by atoms with E-state index in [2.05, 4.69) is 5.32 Å². The predicted octanol–water partition coefficient (Wildman–Crippen LogP) is 0.921. The fourth-order valence-corrected chi connectivity index (χ4v) is 3.13. The quantitative estimate of drug-likeness (QED) is 0.811. The second kappa shape index (κ2) is 8.25. The topological polar surface area (TPSA) is 76.2 Å². The van der Waals surface area contributed by atoms with Crippen molar-refractivity contribution >= 4 is 29.1 Å². The summed E-state index contributed by atoms with van der Waals surface area (Å²) in [5.74, 6) is 0.680. The number of nitrogens with zero attached hydrogens (tertiary/aromatic N) is 1. The van der Waals surface area contributed by atoms with Crippen molar-refractivity contribution < 1.29 is 23.6 Å². The lowest BCUT2D eigenvalue weighted by molar-refractivity contribution is -0.895. The first-order valence-electron chi connectivity index (χ1n) is 8.36. The maximum atomic E-state index is 12.3. The Morgan fingerprint density at radius 1 is 1.31 bits per heavy atom. The zero-order chi connectivity index (χ0) is 18.5. The fourth-order valence-electron chi connectivity index (χ4n) is 2.96. The minimum atomic E-state index is -0.119. The maximum Gasteiger partial charge on any atom is 0.289 e. The van der Waals surface area contributed by atoms with Gasteiger partial charge < -0.3 is 24.3 Å². The summed E-state index contributed by atoms with van der Waals surface area (Å²) in [6.45, 7) is 2.89. The van der Waals surface area contributed by atoms with E-state index in [1.807, 2.05) is 0 Å². The summed E-state index contributed by atoms with van der Waals surface area (Å²) in [6.07, 6.45) is 1.49. The second-order valence-corrected chi connectivity index (χ2v) is 6.53. The minimum Gasteiger partial charge on any atom is -0.495 e. The van der Waals surface area contributed by atoms with Crippen LogP contribution in [0.4, 0.5) is 5.69 Å².